The molecule has 0 bridgehead atoms. The smallest absolute Gasteiger partial charge is 0.374 e. The van der Waals surface area contributed by atoms with Gasteiger partial charge in [-0.2, -0.15) is 13.2 Å². The maximum atomic E-state index is 13.5. The highest BCUT2D eigenvalue weighted by Crippen LogP contribution is 2.38. The number of hydrogen-bond donors (Lipinski definition) is 0. The SMILES string of the molecule is CN(CC1CCC(OCC(=O)N2CCN(c3ccc4cc(F)ccc4n3)CC2)CC1)c1ccc([N+](=O)[O-])c(C(F)(F)F)c1. The molecule has 43 heavy (non-hydrogen) atoms. The number of nitrogens with zero attached hydrogens (tertiary/aromatic N) is 5. The van der Waals surface area contributed by atoms with Crippen molar-refractivity contribution in [1.29, 1.82) is 0 Å². The van der Waals surface area contributed by atoms with Gasteiger partial charge in [0.15, 0.2) is 0 Å². The predicted octanol–water partition coefficient (Wildman–Crippen LogP) is 5.66. The first kappa shape index (κ1) is 30.5. The summed E-state index contributed by atoms with van der Waals surface area (Å²) in [4.78, 5) is 33.1. The van der Waals surface area contributed by atoms with Crippen LogP contribution in [0.5, 0.6) is 0 Å². The molecule has 9 nitrogen and oxygen atoms in total. The van der Waals surface area contributed by atoms with Gasteiger partial charge in [-0.3, -0.25) is 14.9 Å². The van der Waals surface area contributed by atoms with Crippen LogP contribution in [0.4, 0.5) is 34.8 Å². The van der Waals surface area contributed by atoms with Crippen LogP contribution in [0.15, 0.2) is 48.5 Å². The molecular formula is C30H33F4N5O4. The summed E-state index contributed by atoms with van der Waals surface area (Å²) in [5, 5.41) is 11.8. The predicted molar refractivity (Wildman–Crippen MR) is 154 cm³/mol. The van der Waals surface area contributed by atoms with E-state index in [0.29, 0.717) is 38.2 Å². The van der Waals surface area contributed by atoms with E-state index in [1.54, 1.807) is 22.9 Å². The molecule has 2 aliphatic rings. The summed E-state index contributed by atoms with van der Waals surface area (Å²) in [7, 11) is 1.68. The lowest BCUT2D eigenvalue weighted by Gasteiger charge is -2.36. The molecular weight excluding hydrogens is 570 g/mol. The van der Waals surface area contributed by atoms with Gasteiger partial charge in [-0.25, -0.2) is 9.37 Å². The third-order valence-electron chi connectivity index (χ3n) is 8.28. The summed E-state index contributed by atoms with van der Waals surface area (Å²) in [5.74, 6) is 0.643. The Labute approximate surface area is 246 Å². The molecule has 0 unspecified atom stereocenters. The molecule has 3 aromatic rings. The Hall–Kier alpha value is -4.00. The average Bonchev–Trinajstić information content (AvgIpc) is 2.99. The highest BCUT2D eigenvalue weighted by Gasteiger charge is 2.39. The Morgan fingerprint density at radius 2 is 1.77 bits per heavy atom. The Balaban J connectivity index is 1.05. The number of carbonyl (C=O) groups excluding carboxylic acids is 1. The fourth-order valence-electron chi connectivity index (χ4n) is 5.85. The van der Waals surface area contributed by atoms with Gasteiger partial charge in [0.25, 0.3) is 5.69 Å². The van der Waals surface area contributed by atoms with Crippen molar-refractivity contribution in [2.75, 3.05) is 56.2 Å². The molecule has 2 aromatic carbocycles. The molecule has 0 atom stereocenters. The second-order valence-corrected chi connectivity index (χ2v) is 11.2. The molecule has 1 aromatic heterocycles. The highest BCUT2D eigenvalue weighted by molar-refractivity contribution is 5.80. The number of pyridine rings is 1. The first-order chi connectivity index (χ1) is 20.5. The van der Waals surface area contributed by atoms with Gasteiger partial charge in [-0.1, -0.05) is 0 Å². The summed E-state index contributed by atoms with van der Waals surface area (Å²) in [6.07, 6.45) is -1.80. The lowest BCUT2D eigenvalue weighted by molar-refractivity contribution is -0.388. The summed E-state index contributed by atoms with van der Waals surface area (Å²) >= 11 is 0. The van der Waals surface area contributed by atoms with E-state index in [4.69, 9.17) is 4.74 Å². The van der Waals surface area contributed by atoms with E-state index >= 15 is 0 Å². The molecule has 1 saturated carbocycles. The Morgan fingerprint density at radius 1 is 1.05 bits per heavy atom. The molecule has 0 radical (unpaired) electrons. The fourth-order valence-corrected chi connectivity index (χ4v) is 5.85. The molecule has 13 heteroatoms. The van der Waals surface area contributed by atoms with Gasteiger partial charge in [0.05, 0.1) is 16.5 Å². The van der Waals surface area contributed by atoms with E-state index in [0.717, 1.165) is 49.0 Å². The summed E-state index contributed by atoms with van der Waals surface area (Å²) in [5.41, 5.74) is -1.23. The van der Waals surface area contributed by atoms with Crippen molar-refractivity contribution in [3.05, 3.63) is 70.0 Å². The molecule has 5 rings (SSSR count). The van der Waals surface area contributed by atoms with Crippen LogP contribution in [0.3, 0.4) is 0 Å². The Morgan fingerprint density at radius 3 is 2.44 bits per heavy atom. The number of nitro groups is 1. The number of anilines is 2. The highest BCUT2D eigenvalue weighted by atomic mass is 19.4. The second kappa shape index (κ2) is 12.7. The summed E-state index contributed by atoms with van der Waals surface area (Å²) < 4.78 is 59.5. The number of fused-ring (bicyclic) bond motifs is 1. The lowest BCUT2D eigenvalue weighted by atomic mass is 9.87. The second-order valence-electron chi connectivity index (χ2n) is 11.2. The average molecular weight is 604 g/mol. The van der Waals surface area contributed by atoms with Crippen LogP contribution < -0.4 is 9.80 Å². The van der Waals surface area contributed by atoms with Gasteiger partial charge < -0.3 is 19.4 Å². The van der Waals surface area contributed by atoms with Crippen LogP contribution in [-0.4, -0.2) is 73.2 Å². The zero-order valence-electron chi connectivity index (χ0n) is 23.7. The first-order valence-corrected chi connectivity index (χ1v) is 14.3. The molecule has 1 aliphatic carbocycles. The van der Waals surface area contributed by atoms with Crippen molar-refractivity contribution in [1.82, 2.24) is 9.88 Å². The summed E-state index contributed by atoms with van der Waals surface area (Å²) in [6, 6.07) is 11.3. The number of carbonyl (C=O) groups is 1. The fraction of sp³-hybridized carbons (Fsp3) is 0.467. The number of nitro benzene ring substituents is 1. The van der Waals surface area contributed by atoms with E-state index in [1.807, 2.05) is 12.1 Å². The number of hydrogen-bond acceptors (Lipinski definition) is 7. The molecule has 2 fully saturated rings. The topological polar surface area (TPSA) is 92.1 Å². The van der Waals surface area contributed by atoms with Crippen molar-refractivity contribution in [2.45, 2.75) is 38.0 Å². The van der Waals surface area contributed by atoms with Gasteiger partial charge in [0.1, 0.15) is 23.8 Å². The van der Waals surface area contributed by atoms with Crippen LogP contribution in [0.2, 0.25) is 0 Å². The van der Waals surface area contributed by atoms with E-state index < -0.39 is 22.4 Å². The van der Waals surface area contributed by atoms with Crippen molar-refractivity contribution >= 4 is 34.0 Å². The normalized spacial score (nSPS) is 19.5. The summed E-state index contributed by atoms with van der Waals surface area (Å²) in [6.45, 7) is 2.85. The van der Waals surface area contributed by atoms with Gasteiger partial charge in [-0.05, 0) is 74.1 Å². The number of alkyl halides is 3. The van der Waals surface area contributed by atoms with Crippen LogP contribution in [0.1, 0.15) is 31.2 Å². The van der Waals surface area contributed by atoms with E-state index in [-0.39, 0.29) is 36.0 Å². The Kier molecular flexibility index (Phi) is 9.00. The van der Waals surface area contributed by atoms with Gasteiger partial charge in [0.2, 0.25) is 5.91 Å². The molecule has 0 spiro atoms. The minimum absolute atomic E-state index is 0.00195. The van der Waals surface area contributed by atoms with E-state index in [9.17, 15) is 32.5 Å². The number of amides is 1. The van der Waals surface area contributed by atoms with Gasteiger partial charge in [0, 0.05) is 56.9 Å². The molecule has 230 valence electrons. The van der Waals surface area contributed by atoms with Crippen LogP contribution >= 0.6 is 0 Å². The molecule has 2 heterocycles. The zero-order valence-corrected chi connectivity index (χ0v) is 23.7. The number of benzene rings is 2. The number of ether oxygens (including phenoxy) is 1. The minimum atomic E-state index is -4.82. The van der Waals surface area contributed by atoms with Crippen LogP contribution in [0, 0.1) is 21.8 Å². The quantitative estimate of drug-likeness (QED) is 0.186. The van der Waals surface area contributed by atoms with Gasteiger partial charge in [-0.15, -0.1) is 0 Å². The third-order valence-corrected chi connectivity index (χ3v) is 8.28. The lowest BCUT2D eigenvalue weighted by Crippen LogP contribution is -2.50. The van der Waals surface area contributed by atoms with E-state index in [1.165, 1.54) is 18.2 Å². The van der Waals surface area contributed by atoms with Crippen LogP contribution in [-0.2, 0) is 15.7 Å². The largest absolute Gasteiger partial charge is 0.423 e. The van der Waals surface area contributed by atoms with Gasteiger partial charge >= 0.3 is 6.18 Å². The van der Waals surface area contributed by atoms with Crippen LogP contribution in [0.25, 0.3) is 10.9 Å². The monoisotopic (exact) mass is 603 g/mol. The number of rotatable bonds is 8. The zero-order chi connectivity index (χ0) is 30.7. The molecule has 1 saturated heterocycles. The third kappa shape index (κ3) is 7.32. The maximum Gasteiger partial charge on any atom is 0.423 e. The van der Waals surface area contributed by atoms with Crippen molar-refractivity contribution in [2.24, 2.45) is 5.92 Å². The standard InChI is InChI=1S/C30H33F4N5O4/c1-36(23-6-10-27(39(41)42)25(17-23)30(32,33)34)18-20-2-7-24(8-3-20)43-19-29(40)38-14-12-37(13-15-38)28-11-4-21-16-22(31)5-9-26(21)35-28/h4-6,9-11,16-17,20,24H,2-3,7-8,12-15,18-19H2,1H3. The van der Waals surface area contributed by atoms with Crippen molar-refractivity contribution in [3.8, 4) is 0 Å². The number of halogens is 4. The molecule has 0 N–H and O–H groups in total. The van der Waals surface area contributed by atoms with Crippen molar-refractivity contribution < 1.29 is 32.0 Å². The number of piperazine rings is 1. The Bertz CT molecular complexity index is 1470. The first-order valence-electron chi connectivity index (χ1n) is 14.3. The molecule has 1 aliphatic heterocycles. The van der Waals surface area contributed by atoms with Crippen molar-refractivity contribution in [3.63, 3.8) is 0 Å². The van der Waals surface area contributed by atoms with E-state index in [2.05, 4.69) is 9.88 Å². The minimum Gasteiger partial charge on any atom is -0.374 e. The number of aromatic nitrogens is 1. The molecule has 1 amide bonds. The maximum absolute atomic E-state index is 13.5.